The Morgan fingerprint density at radius 3 is 2.41 bits per heavy atom. The number of alkyl halides is 2. The Morgan fingerprint density at radius 1 is 1.02 bits per heavy atom. The summed E-state index contributed by atoms with van der Waals surface area (Å²) in [7, 11) is 0. The summed E-state index contributed by atoms with van der Waals surface area (Å²) in [5, 5.41) is 3.32. The second-order valence-corrected chi connectivity index (χ2v) is 10.5. The summed E-state index contributed by atoms with van der Waals surface area (Å²) < 4.78 is 41.3. The number of nitrogens with one attached hydrogen (secondary N) is 1. The number of nitrogens with zero attached hydrogens (tertiary/aromatic N) is 2. The van der Waals surface area contributed by atoms with Crippen LogP contribution in [0.25, 0.3) is 16.7 Å². The molecule has 0 spiro atoms. The van der Waals surface area contributed by atoms with E-state index >= 15 is 0 Å². The van der Waals surface area contributed by atoms with Crippen LogP contribution in [0, 0.1) is 12.7 Å². The molecular formula is C38H46F3N3. The number of rotatable bonds is 11. The van der Waals surface area contributed by atoms with Crippen LogP contribution in [-0.2, 0) is 13.0 Å². The number of allylic oxidation sites excluding steroid dienone is 5. The van der Waals surface area contributed by atoms with Gasteiger partial charge in [0.15, 0.2) is 0 Å². The van der Waals surface area contributed by atoms with Gasteiger partial charge in [0, 0.05) is 48.9 Å². The largest absolute Gasteiger partial charge is 0.356 e. The van der Waals surface area contributed by atoms with Crippen LogP contribution in [0.2, 0.25) is 0 Å². The van der Waals surface area contributed by atoms with Crippen molar-refractivity contribution >= 4 is 5.57 Å². The highest BCUT2D eigenvalue weighted by molar-refractivity contribution is 5.81. The van der Waals surface area contributed by atoms with Crippen LogP contribution in [0.4, 0.5) is 13.2 Å². The van der Waals surface area contributed by atoms with Crippen LogP contribution < -0.4 is 5.32 Å². The molecule has 2 aromatic carbocycles. The molecule has 0 saturated carbocycles. The van der Waals surface area contributed by atoms with Crippen LogP contribution in [-0.4, -0.2) is 28.9 Å². The van der Waals surface area contributed by atoms with E-state index in [0.29, 0.717) is 30.8 Å². The van der Waals surface area contributed by atoms with Crippen molar-refractivity contribution in [2.45, 2.75) is 60.4 Å². The lowest BCUT2D eigenvalue weighted by Crippen LogP contribution is -2.24. The average Bonchev–Trinajstić information content (AvgIpc) is 3.34. The predicted octanol–water partition coefficient (Wildman–Crippen LogP) is 10.1. The van der Waals surface area contributed by atoms with E-state index in [2.05, 4.69) is 36.1 Å². The lowest BCUT2D eigenvalue weighted by molar-refractivity contribution is 0.0115. The molecule has 0 bridgehead atoms. The molecule has 1 aliphatic heterocycles. The highest BCUT2D eigenvalue weighted by Crippen LogP contribution is 2.31. The standard InChI is InChI=1S/C35H36F3N3.C2H6.CH4/c1-6-32(14-11-24(2)17-30-9-7-8-10-34(30)36)40-27(5)26(4)33-19-29(13-12-25(33)3)31-18-28(20-39-21-31)22-41-16-15-35(37,38)23-41;1-2;/h6-14,18-21,40H,2,4-5,15-17,22-23H2,1,3H3;1-2H3;1H4/b14-11-,32-6+;;. The minimum absolute atomic E-state index is 0. The number of pyridine rings is 1. The van der Waals surface area contributed by atoms with Crippen molar-refractivity contribution in [3.63, 3.8) is 0 Å². The van der Waals surface area contributed by atoms with E-state index in [9.17, 15) is 13.2 Å². The maximum atomic E-state index is 14.0. The molecule has 6 heteroatoms. The number of hydrogen-bond donors (Lipinski definition) is 1. The third-order valence-electron chi connectivity index (χ3n) is 7.19. The quantitative estimate of drug-likeness (QED) is 0.222. The molecule has 4 rings (SSSR count). The van der Waals surface area contributed by atoms with Crippen molar-refractivity contribution in [3.05, 3.63) is 144 Å². The summed E-state index contributed by atoms with van der Waals surface area (Å²) >= 11 is 0. The molecule has 234 valence electrons. The van der Waals surface area contributed by atoms with Crippen LogP contribution in [0.3, 0.4) is 0 Å². The summed E-state index contributed by atoms with van der Waals surface area (Å²) in [4.78, 5) is 6.14. The molecule has 2 heterocycles. The van der Waals surface area contributed by atoms with E-state index in [1.165, 1.54) is 6.07 Å². The van der Waals surface area contributed by atoms with E-state index in [0.717, 1.165) is 44.7 Å². The molecule has 1 aromatic heterocycles. The maximum Gasteiger partial charge on any atom is 0.261 e. The molecule has 3 aromatic rings. The van der Waals surface area contributed by atoms with E-state index < -0.39 is 5.92 Å². The summed E-state index contributed by atoms with van der Waals surface area (Å²) in [6, 6.07) is 14.8. The third-order valence-corrected chi connectivity index (χ3v) is 7.19. The first-order chi connectivity index (χ1) is 20.5. The second-order valence-electron chi connectivity index (χ2n) is 10.5. The van der Waals surface area contributed by atoms with Gasteiger partial charge in [-0.3, -0.25) is 9.88 Å². The Balaban J connectivity index is 0.00000220. The van der Waals surface area contributed by atoms with Crippen molar-refractivity contribution in [2.24, 2.45) is 0 Å². The number of hydrogen-bond acceptors (Lipinski definition) is 3. The number of aromatic nitrogens is 1. The molecule has 0 atom stereocenters. The van der Waals surface area contributed by atoms with Crippen molar-refractivity contribution in [2.75, 3.05) is 13.1 Å². The molecule has 0 radical (unpaired) electrons. The molecule has 0 unspecified atom stereocenters. The van der Waals surface area contributed by atoms with Crippen molar-refractivity contribution in [1.29, 1.82) is 0 Å². The molecule has 1 N–H and O–H groups in total. The zero-order chi connectivity index (χ0) is 31.6. The number of aryl methyl sites for hydroxylation is 1. The summed E-state index contributed by atoms with van der Waals surface area (Å²) in [6.45, 7) is 21.1. The highest BCUT2D eigenvalue weighted by Gasteiger charge is 2.37. The number of likely N-dealkylation sites (tertiary alicyclic amines) is 1. The van der Waals surface area contributed by atoms with Gasteiger partial charge in [-0.2, -0.15) is 0 Å². The minimum Gasteiger partial charge on any atom is -0.356 e. The summed E-state index contributed by atoms with van der Waals surface area (Å²) in [5.41, 5.74) is 8.31. The topological polar surface area (TPSA) is 28.2 Å². The average molecular weight is 602 g/mol. The monoisotopic (exact) mass is 601 g/mol. The lowest BCUT2D eigenvalue weighted by Gasteiger charge is -2.17. The Labute approximate surface area is 262 Å². The van der Waals surface area contributed by atoms with Crippen molar-refractivity contribution < 1.29 is 13.2 Å². The summed E-state index contributed by atoms with van der Waals surface area (Å²) in [5.74, 6) is -2.86. The molecule has 1 aliphatic rings. The maximum absolute atomic E-state index is 14.0. The fraction of sp³-hybridized carbons (Fsp3) is 0.289. The zero-order valence-corrected chi connectivity index (χ0v) is 25.7. The Bertz CT molecular complexity index is 1520. The lowest BCUT2D eigenvalue weighted by atomic mass is 9.94. The fourth-order valence-corrected chi connectivity index (χ4v) is 4.83. The van der Waals surface area contributed by atoms with Gasteiger partial charge in [0.25, 0.3) is 5.92 Å². The number of benzene rings is 2. The van der Waals surface area contributed by atoms with Gasteiger partial charge < -0.3 is 5.32 Å². The van der Waals surface area contributed by atoms with Gasteiger partial charge in [0.05, 0.1) is 6.54 Å². The molecule has 0 aliphatic carbocycles. The van der Waals surface area contributed by atoms with Crippen LogP contribution in [0.15, 0.2) is 116 Å². The number of halogens is 3. The predicted molar refractivity (Wildman–Crippen MR) is 181 cm³/mol. The Morgan fingerprint density at radius 2 is 1.75 bits per heavy atom. The first kappa shape index (κ1) is 36.0. The zero-order valence-electron chi connectivity index (χ0n) is 25.7. The second kappa shape index (κ2) is 16.6. The Hall–Kier alpha value is -4.16. The Kier molecular flexibility index (Phi) is 13.6. The first-order valence-electron chi connectivity index (χ1n) is 14.6. The highest BCUT2D eigenvalue weighted by atomic mass is 19.3. The first-order valence-corrected chi connectivity index (χ1v) is 14.6. The van der Waals surface area contributed by atoms with Gasteiger partial charge in [-0.25, -0.2) is 13.2 Å². The van der Waals surface area contributed by atoms with Crippen molar-refractivity contribution in [1.82, 2.24) is 15.2 Å². The van der Waals surface area contributed by atoms with E-state index in [-0.39, 0.29) is 26.2 Å². The molecule has 3 nitrogen and oxygen atoms in total. The van der Waals surface area contributed by atoms with Gasteiger partial charge in [0.1, 0.15) is 5.82 Å². The molecule has 1 fully saturated rings. The van der Waals surface area contributed by atoms with Crippen LogP contribution >= 0.6 is 0 Å². The minimum atomic E-state index is -2.62. The van der Waals surface area contributed by atoms with Gasteiger partial charge in [-0.05, 0) is 77.9 Å². The van der Waals surface area contributed by atoms with E-state index in [4.69, 9.17) is 0 Å². The molecule has 44 heavy (non-hydrogen) atoms. The smallest absolute Gasteiger partial charge is 0.261 e. The third kappa shape index (κ3) is 9.95. The normalized spacial score (nSPS) is 14.4. The molecule has 0 amide bonds. The fourth-order valence-electron chi connectivity index (χ4n) is 4.83. The van der Waals surface area contributed by atoms with Gasteiger partial charge in [0.2, 0.25) is 0 Å². The molecule has 1 saturated heterocycles. The van der Waals surface area contributed by atoms with E-state index in [1.54, 1.807) is 29.4 Å². The van der Waals surface area contributed by atoms with Gasteiger partial charge in [-0.15, -0.1) is 0 Å². The molecular weight excluding hydrogens is 555 g/mol. The van der Waals surface area contributed by atoms with Crippen molar-refractivity contribution in [3.8, 4) is 11.1 Å². The SMILES string of the molecule is C.C=C(/C=C\C(=C/C)NC(=C)C(=C)c1cc(-c2cncc(CN3CCC(F)(F)C3)c2)ccc1C)Cc1ccccc1F.CC. The van der Waals surface area contributed by atoms with Gasteiger partial charge >= 0.3 is 0 Å². The van der Waals surface area contributed by atoms with Crippen LogP contribution in [0.1, 0.15) is 56.9 Å². The van der Waals surface area contributed by atoms with Gasteiger partial charge in [-0.1, -0.05) is 89.1 Å². The summed E-state index contributed by atoms with van der Waals surface area (Å²) in [6.07, 6.45) is 9.50. The van der Waals surface area contributed by atoms with Crippen LogP contribution in [0.5, 0.6) is 0 Å². The van der Waals surface area contributed by atoms with E-state index in [1.807, 2.05) is 70.2 Å².